The van der Waals surface area contributed by atoms with Crippen molar-refractivity contribution in [3.63, 3.8) is 0 Å². The molecule has 3 heteroatoms. The van der Waals surface area contributed by atoms with Crippen molar-refractivity contribution in [2.75, 3.05) is 0 Å². The molecule has 1 aromatic heterocycles. The van der Waals surface area contributed by atoms with Gasteiger partial charge in [0.2, 0.25) is 0 Å². The van der Waals surface area contributed by atoms with Crippen molar-refractivity contribution in [2.24, 2.45) is 0 Å². The van der Waals surface area contributed by atoms with E-state index >= 15 is 0 Å². The lowest BCUT2D eigenvalue weighted by Gasteiger charge is -2.04. The van der Waals surface area contributed by atoms with Crippen molar-refractivity contribution in [1.82, 2.24) is 4.98 Å². The third-order valence-corrected chi connectivity index (χ3v) is 2.92. The van der Waals surface area contributed by atoms with Gasteiger partial charge in [0.05, 0.1) is 0 Å². The van der Waals surface area contributed by atoms with Crippen LogP contribution < -0.4 is 5.56 Å². The first-order chi connectivity index (χ1) is 8.70. The minimum absolute atomic E-state index is 0.207. The van der Waals surface area contributed by atoms with Crippen LogP contribution in [0.25, 0.3) is 0 Å². The Bertz CT molecular complexity index is 636. The Labute approximate surface area is 106 Å². The second-order valence-corrected chi connectivity index (χ2v) is 4.28. The van der Waals surface area contributed by atoms with Gasteiger partial charge in [-0.1, -0.05) is 30.3 Å². The van der Waals surface area contributed by atoms with Crippen LogP contribution in [0.5, 0.6) is 0 Å². The molecular weight excluding hydrogens is 224 g/mol. The zero-order valence-electron chi connectivity index (χ0n) is 10.2. The van der Waals surface area contributed by atoms with E-state index < -0.39 is 0 Å². The molecule has 0 aliphatic heterocycles. The molecule has 0 aliphatic carbocycles. The number of rotatable bonds is 3. The normalized spacial score (nSPS) is 10.0. The summed E-state index contributed by atoms with van der Waals surface area (Å²) >= 11 is 0. The van der Waals surface area contributed by atoms with Crippen molar-refractivity contribution in [3.8, 4) is 6.07 Å². The molecule has 2 rings (SSSR count). The zero-order chi connectivity index (χ0) is 13.0. The van der Waals surface area contributed by atoms with Crippen molar-refractivity contribution in [3.05, 3.63) is 69.1 Å². The molecule has 3 nitrogen and oxygen atoms in total. The van der Waals surface area contributed by atoms with Gasteiger partial charge >= 0.3 is 0 Å². The molecule has 0 atom stereocenters. The van der Waals surface area contributed by atoms with E-state index in [1.54, 1.807) is 6.92 Å². The van der Waals surface area contributed by atoms with Gasteiger partial charge < -0.3 is 4.98 Å². The van der Waals surface area contributed by atoms with Gasteiger partial charge in [-0.2, -0.15) is 5.26 Å². The minimum Gasteiger partial charge on any atom is -0.325 e. The Morgan fingerprint density at radius 1 is 1.22 bits per heavy atom. The molecule has 0 spiro atoms. The van der Waals surface area contributed by atoms with Crippen molar-refractivity contribution in [1.29, 1.82) is 5.26 Å². The molecular formula is C15H14N2O. The number of pyridine rings is 1. The summed E-state index contributed by atoms with van der Waals surface area (Å²) in [7, 11) is 0. The van der Waals surface area contributed by atoms with Gasteiger partial charge in [-0.05, 0) is 37.0 Å². The molecule has 1 N–H and O–H groups in total. The first-order valence-corrected chi connectivity index (χ1v) is 5.87. The van der Waals surface area contributed by atoms with Gasteiger partial charge in [0.25, 0.3) is 5.56 Å². The van der Waals surface area contributed by atoms with Gasteiger partial charge in [-0.25, -0.2) is 0 Å². The Morgan fingerprint density at radius 2 is 1.94 bits per heavy atom. The molecule has 1 aromatic carbocycles. The smallest absolute Gasteiger partial charge is 0.266 e. The third kappa shape index (κ3) is 2.67. The molecule has 0 fully saturated rings. The maximum absolute atomic E-state index is 11.6. The number of aromatic amines is 1. The highest BCUT2D eigenvalue weighted by molar-refractivity contribution is 5.35. The Balaban J connectivity index is 2.17. The van der Waals surface area contributed by atoms with Crippen LogP contribution in [0.15, 0.2) is 41.2 Å². The lowest BCUT2D eigenvalue weighted by atomic mass is 10.1. The van der Waals surface area contributed by atoms with Crippen LogP contribution in [0.2, 0.25) is 0 Å². The summed E-state index contributed by atoms with van der Waals surface area (Å²) in [5.41, 5.74) is 2.77. The maximum Gasteiger partial charge on any atom is 0.266 e. The predicted octanol–water partition coefficient (Wildman–Crippen LogP) is 2.34. The molecule has 0 saturated carbocycles. The van der Waals surface area contributed by atoms with Gasteiger partial charge in [-0.15, -0.1) is 0 Å². The van der Waals surface area contributed by atoms with Crippen LogP contribution in [0, 0.1) is 18.3 Å². The molecule has 90 valence electrons. The van der Waals surface area contributed by atoms with E-state index in [9.17, 15) is 4.79 Å². The summed E-state index contributed by atoms with van der Waals surface area (Å²) in [4.78, 5) is 14.4. The lowest BCUT2D eigenvalue weighted by Crippen LogP contribution is -2.14. The number of aromatic nitrogens is 1. The largest absolute Gasteiger partial charge is 0.325 e. The monoisotopic (exact) mass is 238 g/mol. The summed E-state index contributed by atoms with van der Waals surface area (Å²) < 4.78 is 0. The molecule has 0 unspecified atom stereocenters. The van der Waals surface area contributed by atoms with Crippen LogP contribution in [-0.4, -0.2) is 4.98 Å². The van der Waals surface area contributed by atoms with Crippen LogP contribution in [0.4, 0.5) is 0 Å². The number of aryl methyl sites for hydroxylation is 3. The maximum atomic E-state index is 11.6. The lowest BCUT2D eigenvalue weighted by molar-refractivity contribution is 0.898. The van der Waals surface area contributed by atoms with E-state index in [1.165, 1.54) is 5.56 Å². The van der Waals surface area contributed by atoms with E-state index in [4.69, 9.17) is 5.26 Å². The highest BCUT2D eigenvalue weighted by Crippen LogP contribution is 2.07. The second kappa shape index (κ2) is 5.33. The fourth-order valence-corrected chi connectivity index (χ4v) is 1.95. The number of nitriles is 1. The van der Waals surface area contributed by atoms with Gasteiger partial charge in [0.15, 0.2) is 0 Å². The summed E-state index contributed by atoms with van der Waals surface area (Å²) in [6.45, 7) is 1.79. The zero-order valence-corrected chi connectivity index (χ0v) is 10.2. The average molecular weight is 238 g/mol. The quantitative estimate of drug-likeness (QED) is 0.892. The van der Waals surface area contributed by atoms with E-state index in [0.717, 1.165) is 24.1 Å². The fourth-order valence-electron chi connectivity index (χ4n) is 1.95. The molecule has 1 heterocycles. The molecule has 0 aliphatic rings. The highest BCUT2D eigenvalue weighted by Gasteiger charge is 2.05. The second-order valence-electron chi connectivity index (χ2n) is 4.28. The summed E-state index contributed by atoms with van der Waals surface area (Å²) in [5.74, 6) is 0. The molecule has 0 radical (unpaired) electrons. The molecule has 0 saturated heterocycles. The standard InChI is InChI=1S/C15H14N2O/c1-11-9-13(17-15(18)14(11)10-16)8-7-12-5-3-2-4-6-12/h2-6,9H,7-8H2,1H3,(H,17,18). The van der Waals surface area contributed by atoms with Crippen molar-refractivity contribution < 1.29 is 0 Å². The number of benzene rings is 1. The first kappa shape index (κ1) is 12.1. The van der Waals surface area contributed by atoms with E-state index in [-0.39, 0.29) is 11.1 Å². The van der Waals surface area contributed by atoms with Gasteiger partial charge in [0, 0.05) is 5.69 Å². The van der Waals surface area contributed by atoms with Crippen LogP contribution >= 0.6 is 0 Å². The summed E-state index contributed by atoms with van der Waals surface area (Å²) in [6, 6.07) is 13.9. The number of H-pyrrole nitrogens is 1. The Morgan fingerprint density at radius 3 is 2.56 bits per heavy atom. The topological polar surface area (TPSA) is 56.6 Å². The first-order valence-electron chi connectivity index (χ1n) is 5.87. The highest BCUT2D eigenvalue weighted by atomic mass is 16.1. The fraction of sp³-hybridized carbons (Fsp3) is 0.200. The molecule has 0 amide bonds. The Hall–Kier alpha value is -2.34. The van der Waals surface area contributed by atoms with E-state index in [0.29, 0.717) is 0 Å². The van der Waals surface area contributed by atoms with Gasteiger partial charge in [0.1, 0.15) is 11.6 Å². The number of nitrogens with one attached hydrogen (secondary N) is 1. The molecule has 2 aromatic rings. The summed E-state index contributed by atoms with van der Waals surface area (Å²) in [6.07, 6.45) is 1.65. The third-order valence-electron chi connectivity index (χ3n) is 2.92. The van der Waals surface area contributed by atoms with Gasteiger partial charge in [-0.3, -0.25) is 4.79 Å². The van der Waals surface area contributed by atoms with E-state index in [2.05, 4.69) is 17.1 Å². The van der Waals surface area contributed by atoms with Crippen LogP contribution in [0.1, 0.15) is 22.4 Å². The van der Waals surface area contributed by atoms with Crippen LogP contribution in [-0.2, 0) is 12.8 Å². The van der Waals surface area contributed by atoms with E-state index in [1.807, 2.05) is 30.3 Å². The van der Waals surface area contributed by atoms with Crippen molar-refractivity contribution >= 4 is 0 Å². The van der Waals surface area contributed by atoms with Crippen molar-refractivity contribution in [2.45, 2.75) is 19.8 Å². The molecule has 18 heavy (non-hydrogen) atoms. The molecule has 0 bridgehead atoms. The average Bonchev–Trinajstić information content (AvgIpc) is 2.37. The SMILES string of the molecule is Cc1cc(CCc2ccccc2)[nH]c(=O)c1C#N. The number of hydrogen-bond acceptors (Lipinski definition) is 2. The van der Waals surface area contributed by atoms with Crippen LogP contribution in [0.3, 0.4) is 0 Å². The summed E-state index contributed by atoms with van der Waals surface area (Å²) in [5, 5.41) is 8.83. The number of nitrogens with zero attached hydrogens (tertiary/aromatic N) is 1. The predicted molar refractivity (Wildman–Crippen MR) is 70.4 cm³/mol. The minimum atomic E-state index is -0.291. The Kier molecular flexibility index (Phi) is 3.59. The number of hydrogen-bond donors (Lipinski definition) is 1.